The molecule has 1 aliphatic rings. The van der Waals surface area contributed by atoms with E-state index in [2.05, 4.69) is 0 Å². The number of ether oxygens (including phenoxy) is 1. The average Bonchev–Trinajstić information content (AvgIpc) is 2.81. The molecule has 0 fully saturated rings. The number of ketones is 1. The smallest absolute Gasteiger partial charge is 0.311 e. The van der Waals surface area contributed by atoms with E-state index in [1.807, 2.05) is 50.1 Å². The van der Waals surface area contributed by atoms with Gasteiger partial charge in [0.25, 0.3) is 0 Å². The average molecular weight is 370 g/mol. The highest BCUT2D eigenvalue weighted by molar-refractivity contribution is 5.93. The van der Waals surface area contributed by atoms with Crippen molar-refractivity contribution in [3.05, 3.63) is 75.7 Å². The van der Waals surface area contributed by atoms with Crippen LogP contribution < -0.4 is 9.64 Å². The predicted molar refractivity (Wildman–Crippen MR) is 99.5 cm³/mol. The normalized spacial score (nSPS) is 16.3. The van der Waals surface area contributed by atoms with Crippen LogP contribution in [0.3, 0.4) is 0 Å². The topological polar surface area (TPSA) is 72.7 Å². The second-order valence-corrected chi connectivity index (χ2v) is 6.85. The third-order valence-electron chi connectivity index (χ3n) is 4.73. The lowest BCUT2D eigenvalue weighted by molar-refractivity contribution is -0.385. The van der Waals surface area contributed by atoms with Crippen molar-refractivity contribution in [3.63, 3.8) is 0 Å². The molecule has 0 spiro atoms. The van der Waals surface area contributed by atoms with Crippen LogP contribution in [0.4, 0.5) is 15.8 Å². The third-order valence-corrected chi connectivity index (χ3v) is 4.73. The Hall–Kier alpha value is -3.22. The predicted octanol–water partition coefficient (Wildman–Crippen LogP) is 3.99. The summed E-state index contributed by atoms with van der Waals surface area (Å²) in [6.45, 7) is 3.62. The molecule has 140 valence electrons. The molecular formula is C20H19FN2O4. The van der Waals surface area contributed by atoms with Crippen LogP contribution in [0.2, 0.25) is 0 Å². The molecule has 7 heteroatoms. The van der Waals surface area contributed by atoms with Crippen LogP contribution >= 0.6 is 0 Å². The number of halogens is 1. The number of hydrogen-bond acceptors (Lipinski definition) is 5. The maximum atomic E-state index is 13.4. The van der Waals surface area contributed by atoms with E-state index >= 15 is 0 Å². The summed E-state index contributed by atoms with van der Waals surface area (Å²) in [4.78, 5) is 24.7. The number of para-hydroxylation sites is 1. The van der Waals surface area contributed by atoms with Crippen LogP contribution in [0.1, 0.15) is 19.4 Å². The van der Waals surface area contributed by atoms with Crippen LogP contribution in [0, 0.1) is 15.9 Å². The highest BCUT2D eigenvalue weighted by Crippen LogP contribution is 2.46. The van der Waals surface area contributed by atoms with E-state index in [4.69, 9.17) is 4.74 Å². The highest BCUT2D eigenvalue weighted by Gasteiger charge is 2.38. The maximum Gasteiger partial charge on any atom is 0.311 e. The molecule has 1 heterocycles. The number of fused-ring (bicyclic) bond motifs is 1. The Morgan fingerprint density at radius 3 is 2.67 bits per heavy atom. The Balaban J connectivity index is 1.81. The number of benzene rings is 2. The molecule has 1 aliphatic heterocycles. The Morgan fingerprint density at radius 1 is 1.30 bits per heavy atom. The van der Waals surface area contributed by atoms with E-state index in [-0.39, 0.29) is 22.6 Å². The molecule has 0 atom stereocenters. The van der Waals surface area contributed by atoms with Gasteiger partial charge in [0, 0.05) is 42.1 Å². The minimum atomic E-state index is -0.678. The van der Waals surface area contributed by atoms with E-state index in [1.165, 1.54) is 6.08 Å². The fourth-order valence-corrected chi connectivity index (χ4v) is 3.36. The van der Waals surface area contributed by atoms with Crippen molar-refractivity contribution >= 4 is 17.2 Å². The first-order valence-corrected chi connectivity index (χ1v) is 8.37. The van der Waals surface area contributed by atoms with Crippen LogP contribution in [-0.2, 0) is 10.2 Å². The van der Waals surface area contributed by atoms with E-state index in [1.54, 1.807) is 0 Å². The zero-order valence-electron chi connectivity index (χ0n) is 15.2. The zero-order chi connectivity index (χ0) is 19.8. The molecule has 0 radical (unpaired) electrons. The van der Waals surface area contributed by atoms with Crippen LogP contribution in [0.5, 0.6) is 5.75 Å². The second kappa shape index (κ2) is 6.83. The Morgan fingerprint density at radius 2 is 2.00 bits per heavy atom. The second-order valence-electron chi connectivity index (χ2n) is 6.85. The number of anilines is 1. The molecule has 2 aromatic rings. The highest BCUT2D eigenvalue weighted by atomic mass is 19.1. The van der Waals surface area contributed by atoms with Gasteiger partial charge in [-0.3, -0.25) is 14.9 Å². The van der Waals surface area contributed by atoms with Crippen molar-refractivity contribution in [2.75, 3.05) is 18.6 Å². The Bertz CT molecular complexity index is 953. The van der Waals surface area contributed by atoms with Crippen LogP contribution in [0.15, 0.2) is 54.2 Å². The third kappa shape index (κ3) is 3.40. The molecule has 0 saturated carbocycles. The number of allylic oxidation sites excluding steroid dienone is 1. The first-order chi connectivity index (χ1) is 12.7. The molecule has 0 unspecified atom stereocenters. The molecule has 27 heavy (non-hydrogen) atoms. The van der Waals surface area contributed by atoms with E-state index in [9.17, 15) is 19.3 Å². The SMILES string of the molecule is CN1C(=CC(=O)COc2cc(F)ccc2[N+](=O)[O-])C(C)(C)c2ccccc21. The number of carbonyl (C=O) groups is 1. The van der Waals surface area contributed by atoms with Crippen molar-refractivity contribution in [2.45, 2.75) is 19.3 Å². The van der Waals surface area contributed by atoms with Crippen molar-refractivity contribution in [1.82, 2.24) is 0 Å². The van der Waals surface area contributed by atoms with Gasteiger partial charge >= 0.3 is 5.69 Å². The van der Waals surface area contributed by atoms with Crippen LogP contribution in [-0.4, -0.2) is 24.4 Å². The van der Waals surface area contributed by atoms with Gasteiger partial charge in [0.2, 0.25) is 0 Å². The molecule has 6 nitrogen and oxygen atoms in total. The molecule has 2 aromatic carbocycles. The fourth-order valence-electron chi connectivity index (χ4n) is 3.36. The molecule has 0 amide bonds. The number of nitro benzene ring substituents is 1. The molecule has 0 bridgehead atoms. The van der Waals surface area contributed by atoms with Gasteiger partial charge in [-0.15, -0.1) is 0 Å². The lowest BCUT2D eigenvalue weighted by Gasteiger charge is -2.23. The van der Waals surface area contributed by atoms with Gasteiger partial charge < -0.3 is 9.64 Å². The quantitative estimate of drug-likeness (QED) is 0.452. The van der Waals surface area contributed by atoms with Crippen molar-refractivity contribution in [1.29, 1.82) is 0 Å². The number of hydrogen-bond donors (Lipinski definition) is 0. The number of nitrogens with zero attached hydrogens (tertiary/aromatic N) is 2. The van der Waals surface area contributed by atoms with Crippen LogP contribution in [0.25, 0.3) is 0 Å². The standard InChI is InChI=1S/C20H19FN2O4/c1-20(2)15-6-4-5-7-16(15)22(3)19(20)11-14(24)12-27-18-10-13(21)8-9-17(18)23(25)26/h4-11H,12H2,1-3H3. The monoisotopic (exact) mass is 370 g/mol. The number of rotatable bonds is 5. The van der Waals surface area contributed by atoms with Crippen molar-refractivity contribution < 1.29 is 18.8 Å². The van der Waals surface area contributed by atoms with Gasteiger partial charge in [-0.05, 0) is 17.7 Å². The van der Waals surface area contributed by atoms with E-state index < -0.39 is 17.3 Å². The Labute approximate surface area is 156 Å². The fraction of sp³-hybridized carbons (Fsp3) is 0.250. The summed E-state index contributed by atoms with van der Waals surface area (Å²) in [5, 5.41) is 11.0. The number of nitro groups is 1. The Kier molecular flexibility index (Phi) is 4.70. The summed E-state index contributed by atoms with van der Waals surface area (Å²) in [6.07, 6.45) is 1.48. The molecular weight excluding hydrogens is 351 g/mol. The summed E-state index contributed by atoms with van der Waals surface area (Å²) >= 11 is 0. The lowest BCUT2D eigenvalue weighted by atomic mass is 9.83. The minimum Gasteiger partial charge on any atom is -0.478 e. The van der Waals surface area contributed by atoms with Gasteiger partial charge in [-0.1, -0.05) is 32.0 Å². The summed E-state index contributed by atoms with van der Waals surface area (Å²) in [6, 6.07) is 10.8. The van der Waals surface area contributed by atoms with Crippen molar-refractivity contribution in [2.24, 2.45) is 0 Å². The molecule has 0 aromatic heterocycles. The van der Waals surface area contributed by atoms with Gasteiger partial charge in [-0.2, -0.15) is 0 Å². The van der Waals surface area contributed by atoms with Crippen molar-refractivity contribution in [3.8, 4) is 5.75 Å². The molecule has 0 saturated heterocycles. The van der Waals surface area contributed by atoms with Gasteiger partial charge in [0.05, 0.1) is 4.92 Å². The first kappa shape index (κ1) is 18.6. The summed E-state index contributed by atoms with van der Waals surface area (Å²) in [5.74, 6) is -1.31. The number of likely N-dealkylation sites (N-methyl/N-ethyl adjacent to an activating group) is 1. The van der Waals surface area contributed by atoms with E-state index in [0.29, 0.717) is 0 Å². The molecule has 3 rings (SSSR count). The summed E-state index contributed by atoms with van der Waals surface area (Å²) in [5.41, 5.74) is 2.16. The van der Waals surface area contributed by atoms with Gasteiger partial charge in [0.1, 0.15) is 5.82 Å². The van der Waals surface area contributed by atoms with Gasteiger partial charge in [-0.25, -0.2) is 4.39 Å². The van der Waals surface area contributed by atoms with E-state index in [0.717, 1.165) is 35.1 Å². The molecule has 0 N–H and O–H groups in total. The zero-order valence-corrected chi connectivity index (χ0v) is 15.2. The summed E-state index contributed by atoms with van der Waals surface area (Å²) in [7, 11) is 1.88. The first-order valence-electron chi connectivity index (χ1n) is 8.37. The summed E-state index contributed by atoms with van der Waals surface area (Å²) < 4.78 is 18.6. The largest absolute Gasteiger partial charge is 0.478 e. The lowest BCUT2D eigenvalue weighted by Crippen LogP contribution is -2.25. The maximum absolute atomic E-state index is 13.4. The number of carbonyl (C=O) groups excluding carboxylic acids is 1. The van der Waals surface area contributed by atoms with Gasteiger partial charge in [0.15, 0.2) is 18.1 Å². The minimum absolute atomic E-state index is 0.269. The molecule has 0 aliphatic carbocycles.